The predicted octanol–water partition coefficient (Wildman–Crippen LogP) is -0.166. The Morgan fingerprint density at radius 3 is 2.80 bits per heavy atom. The van der Waals surface area contributed by atoms with Crippen molar-refractivity contribution in [2.24, 2.45) is 0 Å². The molecule has 0 aromatic heterocycles. The van der Waals surface area contributed by atoms with Gasteiger partial charge in [0.25, 0.3) is 0 Å². The molecule has 0 fully saturated rings. The van der Waals surface area contributed by atoms with Crippen molar-refractivity contribution in [1.29, 1.82) is 0 Å². The number of nitrogens with one attached hydrogen (secondary N) is 1. The maximum atomic E-state index is 9.73. The molecule has 0 aromatic carbocycles. The number of hydrogen-bond donors (Lipinski definition) is 2. The van der Waals surface area contributed by atoms with Crippen molar-refractivity contribution in [1.82, 2.24) is 10.4 Å². The van der Waals surface area contributed by atoms with Gasteiger partial charge >= 0.3 is 0 Å². The van der Waals surface area contributed by atoms with E-state index in [-0.39, 0.29) is 0 Å². The van der Waals surface area contributed by atoms with Crippen LogP contribution in [-0.4, -0.2) is 36.3 Å². The molecule has 0 aliphatic heterocycles. The molecule has 2 N–H and O–H groups in total. The van der Waals surface area contributed by atoms with Crippen LogP contribution in [0.1, 0.15) is 13.3 Å². The van der Waals surface area contributed by atoms with Gasteiger partial charge in [0.1, 0.15) is 0 Å². The summed E-state index contributed by atoms with van der Waals surface area (Å²) in [6.45, 7) is 3.63. The van der Waals surface area contributed by atoms with Gasteiger partial charge in [-0.1, -0.05) is 6.92 Å². The molecule has 0 saturated carbocycles. The predicted molar refractivity (Wildman–Crippen MR) is 37.7 cm³/mol. The fraction of sp³-hybridized carbons (Fsp3) is 0.833. The van der Waals surface area contributed by atoms with Crippen LogP contribution < -0.4 is 5.32 Å². The van der Waals surface area contributed by atoms with Gasteiger partial charge in [-0.05, 0) is 6.42 Å². The maximum Gasteiger partial charge on any atom is 0.207 e. The smallest absolute Gasteiger partial charge is 0.207 e. The van der Waals surface area contributed by atoms with E-state index in [9.17, 15) is 4.79 Å². The largest absolute Gasteiger partial charge is 0.357 e. The number of carbonyl (C=O) groups is 1. The van der Waals surface area contributed by atoms with Gasteiger partial charge in [-0.3, -0.25) is 4.79 Å². The second-order valence-corrected chi connectivity index (χ2v) is 2.03. The highest BCUT2D eigenvalue weighted by Gasteiger charge is 1.95. The van der Waals surface area contributed by atoms with Crippen LogP contribution in [0.3, 0.4) is 0 Å². The molecule has 60 valence electrons. The van der Waals surface area contributed by atoms with Crippen LogP contribution in [-0.2, 0) is 4.79 Å². The van der Waals surface area contributed by atoms with E-state index in [2.05, 4.69) is 5.32 Å². The van der Waals surface area contributed by atoms with Gasteiger partial charge in [-0.2, -0.15) is 5.06 Å². The third kappa shape index (κ3) is 5.53. The molecule has 0 aliphatic rings. The molecular weight excluding hydrogens is 132 g/mol. The summed E-state index contributed by atoms with van der Waals surface area (Å²) < 4.78 is 0. The van der Waals surface area contributed by atoms with Crippen molar-refractivity contribution in [2.75, 3.05) is 19.6 Å². The number of nitrogens with zero attached hydrogens (tertiary/aromatic N) is 1. The van der Waals surface area contributed by atoms with Gasteiger partial charge in [0.05, 0.1) is 0 Å². The lowest BCUT2D eigenvalue weighted by Gasteiger charge is -2.11. The molecule has 10 heavy (non-hydrogen) atoms. The van der Waals surface area contributed by atoms with Crippen molar-refractivity contribution in [3.05, 3.63) is 0 Å². The minimum absolute atomic E-state index is 0.493. The highest BCUT2D eigenvalue weighted by atomic mass is 16.5. The Bertz CT molecular complexity index is 87.8. The second kappa shape index (κ2) is 6.51. The van der Waals surface area contributed by atoms with Crippen LogP contribution in [0.15, 0.2) is 0 Å². The molecule has 4 heteroatoms. The normalized spacial score (nSPS) is 9.90. The molecule has 0 rings (SSSR count). The van der Waals surface area contributed by atoms with Crippen LogP contribution in [0.2, 0.25) is 0 Å². The van der Waals surface area contributed by atoms with Crippen LogP contribution in [0, 0.1) is 0 Å². The van der Waals surface area contributed by atoms with Gasteiger partial charge in [0.15, 0.2) is 0 Å². The Balaban J connectivity index is 3.04. The van der Waals surface area contributed by atoms with Gasteiger partial charge in [0, 0.05) is 19.6 Å². The molecule has 0 unspecified atom stereocenters. The molecule has 0 bridgehead atoms. The zero-order valence-corrected chi connectivity index (χ0v) is 6.21. The third-order valence-corrected chi connectivity index (χ3v) is 1.08. The fourth-order valence-electron chi connectivity index (χ4n) is 0.622. The number of amides is 1. The second-order valence-electron chi connectivity index (χ2n) is 2.03. The summed E-state index contributed by atoms with van der Waals surface area (Å²) in [6.07, 6.45) is 1.54. The van der Waals surface area contributed by atoms with E-state index in [1.807, 2.05) is 6.92 Å². The van der Waals surface area contributed by atoms with E-state index in [4.69, 9.17) is 5.21 Å². The standard InChI is InChI=1S/C6H14N2O2/c1-2-4-8(10)5-3-7-6-9/h6,10H,2-5H2,1H3,(H,7,9). The fourth-order valence-corrected chi connectivity index (χ4v) is 0.622. The SMILES string of the molecule is CCCN(O)CCNC=O. The van der Waals surface area contributed by atoms with Crippen molar-refractivity contribution >= 4 is 6.41 Å². The van der Waals surface area contributed by atoms with Crippen LogP contribution in [0.4, 0.5) is 0 Å². The van der Waals surface area contributed by atoms with Gasteiger partial charge in [-0.25, -0.2) is 0 Å². The summed E-state index contributed by atoms with van der Waals surface area (Å²) in [4.78, 5) is 9.73. The molecule has 0 heterocycles. The lowest BCUT2D eigenvalue weighted by Crippen LogP contribution is -2.29. The average Bonchev–Trinajstić information content (AvgIpc) is 1.89. The number of rotatable bonds is 6. The molecule has 0 aromatic rings. The third-order valence-electron chi connectivity index (χ3n) is 1.08. The highest BCUT2D eigenvalue weighted by Crippen LogP contribution is 1.82. The summed E-state index contributed by atoms with van der Waals surface area (Å²) in [7, 11) is 0. The summed E-state index contributed by atoms with van der Waals surface area (Å²) in [5.74, 6) is 0. The topological polar surface area (TPSA) is 52.6 Å². The first kappa shape index (κ1) is 9.39. The zero-order valence-electron chi connectivity index (χ0n) is 6.21. The molecule has 4 nitrogen and oxygen atoms in total. The van der Waals surface area contributed by atoms with E-state index in [0.29, 0.717) is 26.0 Å². The quantitative estimate of drug-likeness (QED) is 0.311. The van der Waals surface area contributed by atoms with Crippen molar-refractivity contribution < 1.29 is 10.0 Å². The van der Waals surface area contributed by atoms with Crippen LogP contribution in [0.25, 0.3) is 0 Å². The maximum absolute atomic E-state index is 9.73. The Labute approximate surface area is 60.8 Å². The first-order valence-electron chi connectivity index (χ1n) is 3.42. The number of hydroxylamine groups is 2. The lowest BCUT2D eigenvalue weighted by molar-refractivity contribution is -0.111. The molecule has 0 saturated heterocycles. The summed E-state index contributed by atoms with van der Waals surface area (Å²) in [6, 6.07) is 0. The van der Waals surface area contributed by atoms with Crippen LogP contribution >= 0.6 is 0 Å². The van der Waals surface area contributed by atoms with Crippen molar-refractivity contribution in [3.63, 3.8) is 0 Å². The minimum Gasteiger partial charge on any atom is -0.357 e. The summed E-state index contributed by atoms with van der Waals surface area (Å²) in [5.41, 5.74) is 0. The van der Waals surface area contributed by atoms with E-state index in [0.717, 1.165) is 6.42 Å². The number of hydrogen-bond acceptors (Lipinski definition) is 3. The van der Waals surface area contributed by atoms with Gasteiger partial charge in [0.2, 0.25) is 6.41 Å². The van der Waals surface area contributed by atoms with Crippen LogP contribution in [0.5, 0.6) is 0 Å². The van der Waals surface area contributed by atoms with Crippen molar-refractivity contribution in [2.45, 2.75) is 13.3 Å². The average molecular weight is 146 g/mol. The Morgan fingerprint density at radius 1 is 1.60 bits per heavy atom. The number of carbonyl (C=O) groups excluding carboxylic acids is 1. The van der Waals surface area contributed by atoms with Gasteiger partial charge < -0.3 is 10.5 Å². The van der Waals surface area contributed by atoms with E-state index in [1.165, 1.54) is 5.06 Å². The highest BCUT2D eigenvalue weighted by molar-refractivity contribution is 5.45. The Kier molecular flexibility index (Phi) is 6.11. The summed E-state index contributed by atoms with van der Waals surface area (Å²) >= 11 is 0. The van der Waals surface area contributed by atoms with E-state index in [1.54, 1.807) is 0 Å². The molecule has 0 atom stereocenters. The summed E-state index contributed by atoms with van der Waals surface area (Å²) in [5, 5.41) is 12.6. The van der Waals surface area contributed by atoms with Crippen molar-refractivity contribution in [3.8, 4) is 0 Å². The minimum atomic E-state index is 0.493. The molecule has 0 radical (unpaired) electrons. The lowest BCUT2D eigenvalue weighted by atomic mass is 10.4. The van der Waals surface area contributed by atoms with E-state index >= 15 is 0 Å². The Morgan fingerprint density at radius 2 is 2.30 bits per heavy atom. The molecule has 0 spiro atoms. The first-order chi connectivity index (χ1) is 4.81. The Hall–Kier alpha value is -0.610. The first-order valence-corrected chi connectivity index (χ1v) is 3.42. The zero-order chi connectivity index (χ0) is 7.82. The van der Waals surface area contributed by atoms with E-state index < -0.39 is 0 Å². The molecular formula is C6H14N2O2. The molecule has 0 aliphatic carbocycles. The monoisotopic (exact) mass is 146 g/mol. The van der Waals surface area contributed by atoms with Gasteiger partial charge in [-0.15, -0.1) is 0 Å². The molecule has 1 amide bonds.